The third-order valence-electron chi connectivity index (χ3n) is 2.44. The van der Waals surface area contributed by atoms with Crippen LogP contribution in [0.5, 0.6) is 0 Å². The average molecular weight is 432 g/mol. The van der Waals surface area contributed by atoms with Crippen molar-refractivity contribution in [3.8, 4) is 0 Å². The summed E-state index contributed by atoms with van der Waals surface area (Å²) in [6.07, 6.45) is 3.35. The summed E-state index contributed by atoms with van der Waals surface area (Å²) in [7, 11) is 0. The third kappa shape index (κ3) is 3.97. The molecule has 0 atom stereocenters. The summed E-state index contributed by atoms with van der Waals surface area (Å²) in [6.45, 7) is 2.24. The van der Waals surface area contributed by atoms with E-state index in [0.29, 0.717) is 12.1 Å². The van der Waals surface area contributed by atoms with Crippen molar-refractivity contribution in [1.29, 1.82) is 0 Å². The Balaban J connectivity index is 2.05. The Morgan fingerprint density at radius 2 is 2.16 bits per heavy atom. The van der Waals surface area contributed by atoms with Crippen LogP contribution in [0.25, 0.3) is 0 Å². The number of nitrogens with one attached hydrogen (secondary N) is 1. The molecule has 0 radical (unpaired) electrons. The van der Waals surface area contributed by atoms with E-state index in [1.54, 1.807) is 18.5 Å². The Morgan fingerprint density at radius 1 is 1.37 bits per heavy atom. The zero-order valence-electron chi connectivity index (χ0n) is 10.2. The lowest BCUT2D eigenvalue weighted by Crippen LogP contribution is -2.24. The average Bonchev–Trinajstić information content (AvgIpc) is 2.40. The van der Waals surface area contributed by atoms with E-state index in [1.165, 1.54) is 0 Å². The van der Waals surface area contributed by atoms with Gasteiger partial charge in [0.15, 0.2) is 0 Å². The predicted octanol–water partition coefficient (Wildman–Crippen LogP) is 3.08. The minimum atomic E-state index is -0.118. The van der Waals surface area contributed by atoms with Crippen LogP contribution in [0.3, 0.4) is 0 Å². The summed E-state index contributed by atoms with van der Waals surface area (Å²) in [5, 5.41) is 2.84. The lowest BCUT2D eigenvalue weighted by Gasteiger charge is -2.07. The molecule has 6 heteroatoms. The number of nitrogens with zero attached hydrogens (tertiary/aromatic N) is 2. The van der Waals surface area contributed by atoms with Crippen molar-refractivity contribution in [3.63, 3.8) is 0 Å². The van der Waals surface area contributed by atoms with Gasteiger partial charge >= 0.3 is 0 Å². The first-order chi connectivity index (χ1) is 9.06. The number of hydrogen-bond acceptors (Lipinski definition) is 3. The molecule has 0 bridgehead atoms. The van der Waals surface area contributed by atoms with E-state index >= 15 is 0 Å². The van der Waals surface area contributed by atoms with Crippen LogP contribution in [0, 0.1) is 10.5 Å². The number of halogens is 2. The maximum absolute atomic E-state index is 12.1. The molecule has 2 rings (SSSR count). The molecule has 19 heavy (non-hydrogen) atoms. The molecule has 0 aliphatic carbocycles. The maximum atomic E-state index is 12.1. The van der Waals surface area contributed by atoms with Gasteiger partial charge in [0.05, 0.1) is 29.7 Å². The molecule has 0 unspecified atom stereocenters. The molecule has 0 aliphatic heterocycles. The summed E-state index contributed by atoms with van der Waals surface area (Å²) >= 11 is 5.50. The number of aryl methyl sites for hydroxylation is 1. The van der Waals surface area contributed by atoms with Gasteiger partial charge < -0.3 is 5.32 Å². The van der Waals surface area contributed by atoms with E-state index in [4.69, 9.17) is 0 Å². The monoisotopic (exact) mass is 431 g/mol. The second-order valence-electron chi connectivity index (χ2n) is 3.96. The van der Waals surface area contributed by atoms with Gasteiger partial charge in [0.2, 0.25) is 0 Å². The quantitative estimate of drug-likeness (QED) is 0.760. The molecular formula is C13H11BrIN3O. The molecule has 1 N–H and O–H groups in total. The molecule has 0 saturated heterocycles. The Bertz CT molecular complexity index is 601. The van der Waals surface area contributed by atoms with Crippen LogP contribution in [0.4, 0.5) is 0 Å². The van der Waals surface area contributed by atoms with Gasteiger partial charge in [-0.15, -0.1) is 0 Å². The lowest BCUT2D eigenvalue weighted by atomic mass is 10.2. The van der Waals surface area contributed by atoms with Crippen molar-refractivity contribution in [2.75, 3.05) is 0 Å². The van der Waals surface area contributed by atoms with Crippen LogP contribution < -0.4 is 5.32 Å². The first kappa shape index (κ1) is 14.4. The summed E-state index contributed by atoms with van der Waals surface area (Å²) in [4.78, 5) is 20.4. The molecule has 0 spiro atoms. The fourth-order valence-electron chi connectivity index (χ4n) is 1.45. The summed E-state index contributed by atoms with van der Waals surface area (Å²) < 4.78 is 1.79. The summed E-state index contributed by atoms with van der Waals surface area (Å²) in [6, 6.07) is 5.60. The van der Waals surface area contributed by atoms with Crippen molar-refractivity contribution < 1.29 is 4.79 Å². The van der Waals surface area contributed by atoms with E-state index in [9.17, 15) is 4.79 Å². The number of benzene rings is 1. The molecule has 0 saturated carbocycles. The highest BCUT2D eigenvalue weighted by Gasteiger charge is 2.10. The molecule has 1 heterocycles. The summed E-state index contributed by atoms with van der Waals surface area (Å²) in [5.41, 5.74) is 2.25. The highest BCUT2D eigenvalue weighted by atomic mass is 127. The molecule has 1 aromatic heterocycles. The fraction of sp³-hybridized carbons (Fsp3) is 0.154. The Kier molecular flexibility index (Phi) is 4.87. The van der Waals surface area contributed by atoms with E-state index in [0.717, 1.165) is 19.4 Å². The molecule has 0 aliphatic rings. The fourth-order valence-corrected chi connectivity index (χ4v) is 2.39. The maximum Gasteiger partial charge on any atom is 0.252 e. The van der Waals surface area contributed by atoms with E-state index in [2.05, 4.69) is 53.8 Å². The second kappa shape index (κ2) is 6.42. The van der Waals surface area contributed by atoms with Gasteiger partial charge in [-0.2, -0.15) is 0 Å². The van der Waals surface area contributed by atoms with Crippen LogP contribution >= 0.6 is 38.5 Å². The molecule has 98 valence electrons. The Labute approximate surface area is 133 Å². The van der Waals surface area contributed by atoms with Gasteiger partial charge in [-0.05, 0) is 47.7 Å². The first-order valence-electron chi connectivity index (χ1n) is 5.57. The van der Waals surface area contributed by atoms with Crippen molar-refractivity contribution in [1.82, 2.24) is 15.3 Å². The van der Waals surface area contributed by atoms with Gasteiger partial charge in [0, 0.05) is 14.2 Å². The smallest absolute Gasteiger partial charge is 0.252 e. The normalized spacial score (nSPS) is 10.3. The van der Waals surface area contributed by atoms with Gasteiger partial charge in [-0.3, -0.25) is 14.8 Å². The zero-order valence-corrected chi connectivity index (χ0v) is 13.9. The number of carbonyl (C=O) groups excluding carboxylic acids is 1. The predicted molar refractivity (Wildman–Crippen MR) is 84.8 cm³/mol. The van der Waals surface area contributed by atoms with Gasteiger partial charge in [-0.25, -0.2) is 0 Å². The minimum absolute atomic E-state index is 0.118. The van der Waals surface area contributed by atoms with Gasteiger partial charge in [0.25, 0.3) is 5.91 Å². The molecule has 2 aromatic rings. The largest absolute Gasteiger partial charge is 0.346 e. The van der Waals surface area contributed by atoms with Crippen molar-refractivity contribution in [3.05, 3.63) is 55.6 Å². The molecule has 4 nitrogen and oxygen atoms in total. The van der Waals surface area contributed by atoms with Gasteiger partial charge in [0.1, 0.15) is 0 Å². The topological polar surface area (TPSA) is 54.9 Å². The lowest BCUT2D eigenvalue weighted by molar-refractivity contribution is 0.0949. The number of amides is 1. The van der Waals surface area contributed by atoms with E-state index in [-0.39, 0.29) is 5.91 Å². The van der Waals surface area contributed by atoms with Crippen LogP contribution in [0.2, 0.25) is 0 Å². The molecule has 1 aromatic carbocycles. The number of rotatable bonds is 3. The van der Waals surface area contributed by atoms with Crippen LogP contribution in [-0.4, -0.2) is 15.9 Å². The van der Waals surface area contributed by atoms with Gasteiger partial charge in [-0.1, -0.05) is 15.9 Å². The van der Waals surface area contributed by atoms with E-state index in [1.807, 2.05) is 19.1 Å². The van der Waals surface area contributed by atoms with Crippen LogP contribution in [-0.2, 0) is 6.54 Å². The molecular weight excluding hydrogens is 421 g/mol. The number of hydrogen-bond donors (Lipinski definition) is 1. The number of carbonyl (C=O) groups is 1. The van der Waals surface area contributed by atoms with Crippen LogP contribution in [0.1, 0.15) is 21.7 Å². The highest BCUT2D eigenvalue weighted by molar-refractivity contribution is 14.1. The van der Waals surface area contributed by atoms with Crippen molar-refractivity contribution >= 4 is 44.4 Å². The first-order valence-corrected chi connectivity index (χ1v) is 7.44. The molecule has 0 fully saturated rings. The number of aromatic nitrogens is 2. The van der Waals surface area contributed by atoms with E-state index < -0.39 is 0 Å². The van der Waals surface area contributed by atoms with Crippen molar-refractivity contribution in [2.45, 2.75) is 13.5 Å². The van der Waals surface area contributed by atoms with Crippen LogP contribution in [0.15, 0.2) is 35.1 Å². The Hall–Kier alpha value is -1.02. The molecule has 1 amide bonds. The van der Waals surface area contributed by atoms with Crippen molar-refractivity contribution in [2.24, 2.45) is 0 Å². The second-order valence-corrected chi connectivity index (χ2v) is 6.03. The SMILES string of the molecule is Cc1cnc(CNC(=O)c2cc(Br)ccc2I)cn1. The third-order valence-corrected chi connectivity index (χ3v) is 3.87. The minimum Gasteiger partial charge on any atom is -0.346 e. The Morgan fingerprint density at radius 3 is 2.84 bits per heavy atom. The zero-order chi connectivity index (χ0) is 13.8. The standard InChI is InChI=1S/C13H11BrIN3O/c1-8-5-17-10(6-16-8)7-18-13(19)11-4-9(14)2-3-12(11)15/h2-6H,7H2,1H3,(H,18,19). The summed E-state index contributed by atoms with van der Waals surface area (Å²) in [5.74, 6) is -0.118. The highest BCUT2D eigenvalue weighted by Crippen LogP contribution is 2.18.